The van der Waals surface area contributed by atoms with Crippen LogP contribution in [0.2, 0.25) is 0 Å². The molecule has 2 heterocycles. The standard InChI is InChI=1S/C35H32N4O3/c1-23-7-2-3-10-29(23)34(41)37-28-9-6-8-25(19-28)33(40)26-13-16-30-31(35(42)38-32(30)20-26)21-36-27-14-11-24(12-15-27)22-39-17-4-5-18-39/h2-3,6-16,19-21,36H,4-5,17-18,22H2,1H3,(H,37,41)(H,38,42). The minimum absolute atomic E-state index is 0.205. The summed E-state index contributed by atoms with van der Waals surface area (Å²) in [6.45, 7) is 5.16. The molecule has 0 bridgehead atoms. The summed E-state index contributed by atoms with van der Waals surface area (Å²) in [6, 6.07) is 27.7. The Morgan fingerprint density at radius 1 is 0.857 bits per heavy atom. The van der Waals surface area contributed by atoms with Gasteiger partial charge in [0.05, 0.1) is 5.57 Å². The Morgan fingerprint density at radius 2 is 1.62 bits per heavy atom. The Morgan fingerprint density at radius 3 is 2.40 bits per heavy atom. The maximum atomic E-state index is 13.4. The fourth-order valence-corrected chi connectivity index (χ4v) is 5.47. The first-order valence-electron chi connectivity index (χ1n) is 14.2. The number of amides is 2. The van der Waals surface area contributed by atoms with Crippen molar-refractivity contribution in [1.29, 1.82) is 0 Å². The minimum Gasteiger partial charge on any atom is -0.361 e. The van der Waals surface area contributed by atoms with E-state index in [4.69, 9.17) is 0 Å². The van der Waals surface area contributed by atoms with E-state index >= 15 is 0 Å². The van der Waals surface area contributed by atoms with Gasteiger partial charge < -0.3 is 16.0 Å². The molecule has 0 spiro atoms. The minimum atomic E-state index is -0.233. The Kier molecular flexibility index (Phi) is 7.66. The summed E-state index contributed by atoms with van der Waals surface area (Å²) in [5, 5.41) is 9.00. The van der Waals surface area contributed by atoms with E-state index in [0.717, 1.165) is 36.4 Å². The molecule has 3 N–H and O–H groups in total. The van der Waals surface area contributed by atoms with Crippen LogP contribution < -0.4 is 16.0 Å². The zero-order valence-electron chi connectivity index (χ0n) is 23.4. The molecule has 0 saturated carbocycles. The number of carbonyl (C=O) groups is 3. The lowest BCUT2D eigenvalue weighted by Crippen LogP contribution is -2.18. The van der Waals surface area contributed by atoms with Gasteiger partial charge in [0.25, 0.3) is 11.8 Å². The number of rotatable bonds is 8. The Bertz CT molecular complexity index is 1700. The van der Waals surface area contributed by atoms with Gasteiger partial charge in [0.15, 0.2) is 5.78 Å². The predicted molar refractivity (Wildman–Crippen MR) is 167 cm³/mol. The van der Waals surface area contributed by atoms with Crippen LogP contribution in [-0.2, 0) is 11.3 Å². The number of nitrogens with zero attached hydrogens (tertiary/aromatic N) is 1. The first-order chi connectivity index (χ1) is 20.4. The van der Waals surface area contributed by atoms with E-state index in [2.05, 4.69) is 33.0 Å². The van der Waals surface area contributed by atoms with Crippen molar-refractivity contribution in [2.24, 2.45) is 0 Å². The number of hydrogen-bond donors (Lipinski definition) is 3. The van der Waals surface area contributed by atoms with E-state index in [1.54, 1.807) is 54.7 Å². The van der Waals surface area contributed by atoms with E-state index in [-0.39, 0.29) is 17.6 Å². The molecule has 1 saturated heterocycles. The Hall–Kier alpha value is -5.01. The molecule has 4 aromatic carbocycles. The van der Waals surface area contributed by atoms with Crippen LogP contribution in [0.15, 0.2) is 97.2 Å². The zero-order chi connectivity index (χ0) is 29.1. The fourth-order valence-electron chi connectivity index (χ4n) is 5.47. The lowest BCUT2D eigenvalue weighted by molar-refractivity contribution is -0.110. The second kappa shape index (κ2) is 11.8. The smallest absolute Gasteiger partial charge is 0.257 e. The average molecular weight is 557 g/mol. The van der Waals surface area contributed by atoms with E-state index in [0.29, 0.717) is 33.6 Å². The van der Waals surface area contributed by atoms with Crippen LogP contribution in [0, 0.1) is 6.92 Å². The van der Waals surface area contributed by atoms with Gasteiger partial charge in [-0.1, -0.05) is 54.6 Å². The average Bonchev–Trinajstić information content (AvgIpc) is 3.63. The monoisotopic (exact) mass is 556 g/mol. The molecule has 2 aliphatic rings. The number of hydrogen-bond acceptors (Lipinski definition) is 5. The fraction of sp³-hybridized carbons (Fsp3) is 0.171. The second-order valence-corrected chi connectivity index (χ2v) is 10.8. The molecule has 0 aliphatic carbocycles. The first-order valence-corrected chi connectivity index (χ1v) is 14.2. The van der Waals surface area contributed by atoms with Crippen LogP contribution in [0.5, 0.6) is 0 Å². The number of nitrogens with one attached hydrogen (secondary N) is 3. The molecule has 0 unspecified atom stereocenters. The highest BCUT2D eigenvalue weighted by molar-refractivity contribution is 6.32. The molecule has 6 rings (SSSR count). The number of aryl methyl sites for hydroxylation is 1. The van der Waals surface area contributed by atoms with Crippen molar-refractivity contribution in [3.63, 3.8) is 0 Å². The molecule has 7 heteroatoms. The van der Waals surface area contributed by atoms with Crippen LogP contribution in [0.1, 0.15) is 55.8 Å². The van der Waals surface area contributed by atoms with Crippen LogP contribution in [0.4, 0.5) is 17.1 Å². The van der Waals surface area contributed by atoms with E-state index in [1.807, 2.05) is 37.3 Å². The van der Waals surface area contributed by atoms with E-state index < -0.39 is 0 Å². The number of anilines is 3. The van der Waals surface area contributed by atoms with Gasteiger partial charge in [-0.3, -0.25) is 19.3 Å². The number of benzene rings is 4. The van der Waals surface area contributed by atoms with Crippen molar-refractivity contribution in [2.45, 2.75) is 26.3 Å². The number of ketones is 1. The maximum absolute atomic E-state index is 13.4. The summed E-state index contributed by atoms with van der Waals surface area (Å²) in [5.41, 5.74) is 6.86. The summed E-state index contributed by atoms with van der Waals surface area (Å²) in [4.78, 5) is 41.4. The van der Waals surface area contributed by atoms with E-state index in [1.165, 1.54) is 18.4 Å². The van der Waals surface area contributed by atoms with Crippen LogP contribution in [0.25, 0.3) is 5.57 Å². The quantitative estimate of drug-likeness (QED) is 0.171. The molecular formula is C35H32N4O3. The third-order valence-electron chi connectivity index (χ3n) is 7.78. The zero-order valence-corrected chi connectivity index (χ0v) is 23.4. The van der Waals surface area contributed by atoms with E-state index in [9.17, 15) is 14.4 Å². The first kappa shape index (κ1) is 27.2. The molecule has 42 heavy (non-hydrogen) atoms. The van der Waals surface area contributed by atoms with Gasteiger partial charge in [-0.05, 0) is 80.4 Å². The third kappa shape index (κ3) is 5.87. The van der Waals surface area contributed by atoms with Gasteiger partial charge in [0, 0.05) is 52.1 Å². The number of fused-ring (bicyclic) bond motifs is 1. The second-order valence-electron chi connectivity index (χ2n) is 10.8. The van der Waals surface area contributed by atoms with Crippen molar-refractivity contribution in [3.05, 3.63) is 131 Å². The molecule has 7 nitrogen and oxygen atoms in total. The molecule has 0 radical (unpaired) electrons. The third-order valence-corrected chi connectivity index (χ3v) is 7.78. The predicted octanol–water partition coefficient (Wildman–Crippen LogP) is 6.48. The number of likely N-dealkylation sites (tertiary alicyclic amines) is 1. The molecule has 210 valence electrons. The highest BCUT2D eigenvalue weighted by Gasteiger charge is 2.25. The molecular weight excluding hydrogens is 524 g/mol. The van der Waals surface area contributed by atoms with Gasteiger partial charge in [-0.2, -0.15) is 0 Å². The molecule has 0 atom stereocenters. The summed E-state index contributed by atoms with van der Waals surface area (Å²) in [5.74, 6) is -0.666. The van der Waals surface area contributed by atoms with Crippen LogP contribution in [0.3, 0.4) is 0 Å². The Balaban J connectivity index is 1.14. The van der Waals surface area contributed by atoms with Gasteiger partial charge in [0.1, 0.15) is 0 Å². The summed E-state index contributed by atoms with van der Waals surface area (Å²) in [7, 11) is 0. The van der Waals surface area contributed by atoms with Crippen molar-refractivity contribution in [3.8, 4) is 0 Å². The SMILES string of the molecule is Cc1ccccc1C(=O)Nc1cccc(C(=O)c2ccc3c(c2)NC(=O)C3=CNc2ccc(CN3CCCC3)cc2)c1. The molecule has 1 fully saturated rings. The summed E-state index contributed by atoms with van der Waals surface area (Å²) in [6.07, 6.45) is 4.25. The lowest BCUT2D eigenvalue weighted by Gasteiger charge is -2.14. The van der Waals surface area contributed by atoms with Crippen LogP contribution in [-0.4, -0.2) is 35.6 Å². The van der Waals surface area contributed by atoms with Gasteiger partial charge in [-0.25, -0.2) is 0 Å². The summed E-state index contributed by atoms with van der Waals surface area (Å²) < 4.78 is 0. The van der Waals surface area contributed by atoms with Crippen molar-refractivity contribution < 1.29 is 14.4 Å². The van der Waals surface area contributed by atoms with Crippen molar-refractivity contribution in [2.75, 3.05) is 29.0 Å². The molecule has 2 aliphatic heterocycles. The molecule has 0 aromatic heterocycles. The highest BCUT2D eigenvalue weighted by atomic mass is 16.2. The van der Waals surface area contributed by atoms with Crippen LogP contribution >= 0.6 is 0 Å². The normalized spacial score (nSPS) is 15.4. The van der Waals surface area contributed by atoms with Gasteiger partial charge >= 0.3 is 0 Å². The van der Waals surface area contributed by atoms with Crippen molar-refractivity contribution in [1.82, 2.24) is 4.90 Å². The Labute approximate surface area is 245 Å². The van der Waals surface area contributed by atoms with Crippen molar-refractivity contribution >= 4 is 40.2 Å². The highest BCUT2D eigenvalue weighted by Crippen LogP contribution is 2.33. The topological polar surface area (TPSA) is 90.5 Å². The lowest BCUT2D eigenvalue weighted by atomic mass is 9.99. The largest absolute Gasteiger partial charge is 0.361 e. The van der Waals surface area contributed by atoms with Gasteiger partial charge in [-0.15, -0.1) is 0 Å². The molecule has 4 aromatic rings. The molecule has 2 amide bonds. The maximum Gasteiger partial charge on any atom is 0.257 e. The number of carbonyl (C=O) groups excluding carboxylic acids is 3. The summed E-state index contributed by atoms with van der Waals surface area (Å²) >= 11 is 0. The van der Waals surface area contributed by atoms with Gasteiger partial charge in [0.2, 0.25) is 0 Å².